The molecule has 3 rings (SSSR count). The second-order valence-electron chi connectivity index (χ2n) is 9.10. The number of hydrogen-bond donors (Lipinski definition) is 0. The van der Waals surface area contributed by atoms with Crippen LogP contribution in [-0.2, 0) is 15.1 Å². The Morgan fingerprint density at radius 1 is 1.08 bits per heavy atom. The number of hydrogen-bond acceptors (Lipinski definition) is 3. The molecule has 1 aromatic carbocycles. The van der Waals surface area contributed by atoms with Crippen LogP contribution in [0.2, 0.25) is 0 Å². The van der Waals surface area contributed by atoms with E-state index in [0.717, 1.165) is 67.8 Å². The van der Waals surface area contributed by atoms with Crippen molar-refractivity contribution >= 4 is 5.97 Å². The molecule has 1 atom stereocenters. The first-order valence-electron chi connectivity index (χ1n) is 10.1. The van der Waals surface area contributed by atoms with Gasteiger partial charge in [0.15, 0.2) is 0 Å². The fraction of sp³-hybridized carbons (Fsp3) is 0.682. The lowest BCUT2D eigenvalue weighted by Gasteiger charge is -2.44. The molecule has 0 bridgehead atoms. The monoisotopic (exact) mass is 359 g/mol. The van der Waals surface area contributed by atoms with E-state index in [1.165, 1.54) is 0 Å². The maximum atomic E-state index is 13.4. The number of carbonyl (C=O) groups excluding carboxylic acids is 1. The number of likely N-dealkylation sites (tertiary alicyclic amines) is 2. The molecule has 0 aromatic heterocycles. The van der Waals surface area contributed by atoms with Crippen LogP contribution in [0.4, 0.5) is 0 Å². The summed E-state index contributed by atoms with van der Waals surface area (Å²) in [7, 11) is 4.50. The number of benzene rings is 1. The second kappa shape index (κ2) is 7.69. The summed E-state index contributed by atoms with van der Waals surface area (Å²) < 4.78 is 7.12. The van der Waals surface area contributed by atoms with Gasteiger partial charge < -0.3 is 9.22 Å². The molecule has 0 spiro atoms. The van der Waals surface area contributed by atoms with Crippen LogP contribution in [0.3, 0.4) is 0 Å². The highest BCUT2D eigenvalue weighted by Gasteiger charge is 2.45. The molecule has 0 radical (unpaired) electrons. The van der Waals surface area contributed by atoms with Crippen molar-refractivity contribution in [2.24, 2.45) is 5.92 Å². The molecule has 4 heteroatoms. The van der Waals surface area contributed by atoms with E-state index >= 15 is 0 Å². The van der Waals surface area contributed by atoms with E-state index in [-0.39, 0.29) is 12.1 Å². The third kappa shape index (κ3) is 4.12. The Hall–Kier alpha value is -1.39. The van der Waals surface area contributed by atoms with Crippen molar-refractivity contribution in [3.05, 3.63) is 35.9 Å². The minimum absolute atomic E-state index is 0.0559. The highest BCUT2D eigenvalue weighted by molar-refractivity contribution is 5.82. The van der Waals surface area contributed by atoms with Gasteiger partial charge >= 0.3 is 5.97 Å². The van der Waals surface area contributed by atoms with Gasteiger partial charge in [-0.2, -0.15) is 0 Å². The molecule has 1 aromatic rings. The van der Waals surface area contributed by atoms with Crippen LogP contribution in [0.5, 0.6) is 0 Å². The van der Waals surface area contributed by atoms with Gasteiger partial charge in [-0.05, 0) is 44.3 Å². The predicted octanol–water partition coefficient (Wildman–Crippen LogP) is 3.42. The van der Waals surface area contributed by atoms with Crippen LogP contribution in [0.25, 0.3) is 0 Å². The van der Waals surface area contributed by atoms with Crippen molar-refractivity contribution in [3.63, 3.8) is 0 Å². The predicted molar refractivity (Wildman–Crippen MR) is 105 cm³/mol. The van der Waals surface area contributed by atoms with Crippen molar-refractivity contribution in [1.29, 1.82) is 0 Å². The molecule has 0 aliphatic carbocycles. The molecule has 2 aliphatic heterocycles. The van der Waals surface area contributed by atoms with Gasteiger partial charge in [-0.15, -0.1) is 0 Å². The zero-order chi connectivity index (χ0) is 18.8. The maximum absolute atomic E-state index is 13.4. The molecule has 4 nitrogen and oxygen atoms in total. The fourth-order valence-electron chi connectivity index (χ4n) is 4.28. The van der Waals surface area contributed by atoms with E-state index in [2.05, 4.69) is 45.0 Å². The van der Waals surface area contributed by atoms with Gasteiger partial charge in [-0.3, -0.25) is 4.90 Å². The standard InChI is InChI=1S/C22H35N2O2/c1-18-10-14-23(15-11-18)22(2,19-8-6-5-7-9-19)21(25)26-20-12-16-24(3,4)17-13-20/h5-9,18,20H,10-17H2,1-4H3/q+1. The largest absolute Gasteiger partial charge is 0.460 e. The number of ether oxygens (including phenoxy) is 1. The Bertz CT molecular complexity index is 598. The van der Waals surface area contributed by atoms with Crippen molar-refractivity contribution in [3.8, 4) is 0 Å². The summed E-state index contributed by atoms with van der Waals surface area (Å²) in [5, 5.41) is 0. The van der Waals surface area contributed by atoms with Gasteiger partial charge in [0.25, 0.3) is 0 Å². The van der Waals surface area contributed by atoms with Crippen LogP contribution in [0.15, 0.2) is 30.3 Å². The van der Waals surface area contributed by atoms with E-state index in [9.17, 15) is 4.79 Å². The number of quaternary nitrogens is 1. The summed E-state index contributed by atoms with van der Waals surface area (Å²) in [6.07, 6.45) is 4.26. The average Bonchev–Trinajstić information content (AvgIpc) is 2.64. The van der Waals surface area contributed by atoms with Gasteiger partial charge in [0.1, 0.15) is 11.6 Å². The highest BCUT2D eigenvalue weighted by Crippen LogP contribution is 2.34. The summed E-state index contributed by atoms with van der Waals surface area (Å²) in [4.78, 5) is 15.7. The molecule has 0 saturated carbocycles. The summed E-state index contributed by atoms with van der Waals surface area (Å²) in [6.45, 7) is 8.41. The van der Waals surface area contributed by atoms with Gasteiger partial charge in [-0.1, -0.05) is 37.3 Å². The zero-order valence-corrected chi connectivity index (χ0v) is 16.9. The molecule has 1 unspecified atom stereocenters. The topological polar surface area (TPSA) is 29.5 Å². The highest BCUT2D eigenvalue weighted by atomic mass is 16.5. The lowest BCUT2D eigenvalue weighted by molar-refractivity contribution is -0.896. The van der Waals surface area contributed by atoms with Crippen LogP contribution in [0.1, 0.15) is 45.1 Å². The smallest absolute Gasteiger partial charge is 0.331 e. The summed E-state index contributed by atoms with van der Waals surface area (Å²) in [6, 6.07) is 10.2. The Morgan fingerprint density at radius 3 is 2.23 bits per heavy atom. The minimum atomic E-state index is -0.691. The summed E-state index contributed by atoms with van der Waals surface area (Å²) in [5.41, 5.74) is 0.356. The van der Waals surface area contributed by atoms with Crippen LogP contribution in [-0.4, -0.2) is 61.7 Å². The van der Waals surface area contributed by atoms with Crippen molar-refractivity contribution < 1.29 is 14.0 Å². The molecule has 2 fully saturated rings. The first-order chi connectivity index (χ1) is 12.3. The number of nitrogens with zero attached hydrogens (tertiary/aromatic N) is 2. The number of carbonyl (C=O) groups is 1. The first-order valence-corrected chi connectivity index (χ1v) is 10.1. The van der Waals surface area contributed by atoms with Crippen LogP contribution < -0.4 is 0 Å². The Morgan fingerprint density at radius 2 is 1.65 bits per heavy atom. The van der Waals surface area contributed by atoms with Crippen LogP contribution in [0, 0.1) is 5.92 Å². The van der Waals surface area contributed by atoms with E-state index in [0.29, 0.717) is 0 Å². The molecule has 2 heterocycles. The number of esters is 1. The SMILES string of the molecule is CC1CCN(C(C)(C(=O)OC2CC[N+](C)(C)CC2)c2ccccc2)CC1. The van der Waals surface area contributed by atoms with E-state index in [1.807, 2.05) is 18.2 Å². The quantitative estimate of drug-likeness (QED) is 0.609. The second-order valence-corrected chi connectivity index (χ2v) is 9.10. The van der Waals surface area contributed by atoms with Crippen molar-refractivity contribution in [2.75, 3.05) is 40.3 Å². The van der Waals surface area contributed by atoms with E-state index in [4.69, 9.17) is 4.74 Å². The lowest BCUT2D eigenvalue weighted by Crippen LogP contribution is -2.55. The van der Waals surface area contributed by atoms with Gasteiger partial charge in [0, 0.05) is 12.8 Å². The van der Waals surface area contributed by atoms with E-state index < -0.39 is 5.54 Å². The first kappa shape index (κ1) is 19.4. The van der Waals surface area contributed by atoms with E-state index in [1.54, 1.807) is 0 Å². The molecule has 26 heavy (non-hydrogen) atoms. The Balaban J connectivity index is 1.78. The number of rotatable bonds is 4. The fourth-order valence-corrected chi connectivity index (χ4v) is 4.28. The third-order valence-electron chi connectivity index (χ3n) is 6.54. The zero-order valence-electron chi connectivity index (χ0n) is 16.9. The van der Waals surface area contributed by atoms with Gasteiger partial charge in [0.05, 0.1) is 27.2 Å². The van der Waals surface area contributed by atoms with Crippen molar-refractivity contribution in [2.45, 2.75) is 51.2 Å². The van der Waals surface area contributed by atoms with Crippen LogP contribution >= 0.6 is 0 Å². The summed E-state index contributed by atoms with van der Waals surface area (Å²) in [5.74, 6) is 0.663. The Kier molecular flexibility index (Phi) is 5.73. The van der Waals surface area contributed by atoms with Gasteiger partial charge in [-0.25, -0.2) is 4.79 Å². The third-order valence-corrected chi connectivity index (χ3v) is 6.54. The normalized spacial score (nSPS) is 24.8. The molecular weight excluding hydrogens is 324 g/mol. The number of piperidine rings is 2. The molecule has 2 aliphatic rings. The molecule has 0 N–H and O–H groups in total. The maximum Gasteiger partial charge on any atom is 0.331 e. The lowest BCUT2D eigenvalue weighted by atomic mass is 9.86. The van der Waals surface area contributed by atoms with Gasteiger partial charge in [0.2, 0.25) is 0 Å². The molecular formula is C22H35N2O2+. The minimum Gasteiger partial charge on any atom is -0.460 e. The average molecular weight is 360 g/mol. The molecule has 0 amide bonds. The molecule has 144 valence electrons. The van der Waals surface area contributed by atoms with Crippen molar-refractivity contribution in [1.82, 2.24) is 4.90 Å². The molecule has 2 saturated heterocycles. The Labute approximate surface area is 158 Å². The summed E-state index contributed by atoms with van der Waals surface area (Å²) >= 11 is 0.